The van der Waals surface area contributed by atoms with Gasteiger partial charge in [-0.1, -0.05) is 43.7 Å². The molecule has 1 unspecified atom stereocenters. The molecule has 0 spiro atoms. The molecule has 1 heterocycles. The van der Waals surface area contributed by atoms with Gasteiger partial charge in [-0.2, -0.15) is 5.10 Å². The molecule has 2 rings (SSSR count). The summed E-state index contributed by atoms with van der Waals surface area (Å²) in [5.41, 5.74) is 0.878. The Morgan fingerprint density at radius 2 is 1.89 bits per heavy atom. The Morgan fingerprint density at radius 1 is 1.17 bits per heavy atom. The fraction of sp³-hybridized carbons (Fsp3) is 0.400. The lowest BCUT2D eigenvalue weighted by atomic mass is 9.84. The Labute approximate surface area is 108 Å². The monoisotopic (exact) mass is 244 g/mol. The molecule has 0 aliphatic heterocycles. The lowest BCUT2D eigenvalue weighted by molar-refractivity contribution is 0.0701. The van der Waals surface area contributed by atoms with Crippen LogP contribution >= 0.6 is 0 Å². The molecular formula is C15H20N2O. The van der Waals surface area contributed by atoms with Gasteiger partial charge in [-0.15, -0.1) is 0 Å². The van der Waals surface area contributed by atoms with Gasteiger partial charge in [-0.05, 0) is 18.9 Å². The Hall–Kier alpha value is -1.61. The average molecular weight is 244 g/mol. The quantitative estimate of drug-likeness (QED) is 0.878. The number of benzene rings is 1. The van der Waals surface area contributed by atoms with Crippen LogP contribution in [0.25, 0.3) is 0 Å². The lowest BCUT2D eigenvalue weighted by Crippen LogP contribution is -2.26. The first kappa shape index (κ1) is 12.8. The van der Waals surface area contributed by atoms with Crippen molar-refractivity contribution in [2.45, 2.75) is 38.8 Å². The molecule has 1 atom stereocenters. The summed E-state index contributed by atoms with van der Waals surface area (Å²) in [6.07, 6.45) is 5.32. The SMILES string of the molecule is CCCC(O)(c1ccccc1)c1cnn(CC)c1. The van der Waals surface area contributed by atoms with Crippen LogP contribution in [0.1, 0.15) is 37.8 Å². The molecule has 0 bridgehead atoms. The predicted molar refractivity (Wildman–Crippen MR) is 72.2 cm³/mol. The van der Waals surface area contributed by atoms with Crippen LogP contribution in [0.3, 0.4) is 0 Å². The van der Waals surface area contributed by atoms with Gasteiger partial charge < -0.3 is 5.11 Å². The summed E-state index contributed by atoms with van der Waals surface area (Å²) in [6.45, 7) is 4.94. The van der Waals surface area contributed by atoms with Gasteiger partial charge in [0.1, 0.15) is 5.60 Å². The Balaban J connectivity index is 2.43. The molecule has 3 nitrogen and oxygen atoms in total. The third-order valence-electron chi connectivity index (χ3n) is 3.30. The van der Waals surface area contributed by atoms with Gasteiger partial charge >= 0.3 is 0 Å². The maximum atomic E-state index is 11.0. The number of hydrogen-bond acceptors (Lipinski definition) is 2. The molecule has 0 radical (unpaired) electrons. The standard InChI is InChI=1S/C15H20N2O/c1-3-10-15(18,13-8-6-5-7-9-13)14-11-16-17(4-2)12-14/h5-9,11-12,18H,3-4,10H2,1-2H3. The number of nitrogens with zero attached hydrogens (tertiary/aromatic N) is 2. The summed E-state index contributed by atoms with van der Waals surface area (Å²) in [4.78, 5) is 0. The molecule has 0 aliphatic carbocycles. The minimum absolute atomic E-state index is 0.701. The zero-order valence-corrected chi connectivity index (χ0v) is 11.0. The van der Waals surface area contributed by atoms with Crippen molar-refractivity contribution < 1.29 is 5.11 Å². The molecule has 96 valence electrons. The van der Waals surface area contributed by atoms with E-state index in [9.17, 15) is 5.11 Å². The van der Waals surface area contributed by atoms with E-state index in [0.717, 1.165) is 24.1 Å². The second kappa shape index (κ2) is 5.36. The van der Waals surface area contributed by atoms with Crippen molar-refractivity contribution in [3.8, 4) is 0 Å². The Morgan fingerprint density at radius 3 is 2.44 bits per heavy atom. The van der Waals surface area contributed by atoms with Gasteiger partial charge in [0.05, 0.1) is 6.20 Å². The second-order valence-corrected chi connectivity index (χ2v) is 4.56. The highest BCUT2D eigenvalue weighted by Crippen LogP contribution is 2.33. The van der Waals surface area contributed by atoms with Gasteiger partial charge in [0.2, 0.25) is 0 Å². The third kappa shape index (κ3) is 2.31. The van der Waals surface area contributed by atoms with Crippen LogP contribution in [0.2, 0.25) is 0 Å². The number of aryl methyl sites for hydroxylation is 1. The van der Waals surface area contributed by atoms with E-state index in [1.165, 1.54) is 0 Å². The number of aromatic nitrogens is 2. The van der Waals surface area contributed by atoms with E-state index in [1.807, 2.05) is 48.1 Å². The lowest BCUT2D eigenvalue weighted by Gasteiger charge is -2.27. The van der Waals surface area contributed by atoms with Crippen LogP contribution in [-0.2, 0) is 12.1 Å². The first-order valence-corrected chi connectivity index (χ1v) is 6.51. The smallest absolute Gasteiger partial charge is 0.118 e. The summed E-state index contributed by atoms with van der Waals surface area (Å²) in [5, 5.41) is 15.3. The average Bonchev–Trinajstić information content (AvgIpc) is 2.89. The van der Waals surface area contributed by atoms with E-state index in [2.05, 4.69) is 12.0 Å². The molecule has 0 amide bonds. The van der Waals surface area contributed by atoms with Crippen LogP contribution in [0.4, 0.5) is 0 Å². The maximum Gasteiger partial charge on any atom is 0.118 e. The van der Waals surface area contributed by atoms with Gasteiger partial charge in [-0.25, -0.2) is 0 Å². The normalized spacial score (nSPS) is 14.4. The largest absolute Gasteiger partial charge is 0.380 e. The first-order chi connectivity index (χ1) is 8.70. The van der Waals surface area contributed by atoms with Crippen LogP contribution in [-0.4, -0.2) is 14.9 Å². The van der Waals surface area contributed by atoms with Crippen molar-refractivity contribution in [3.05, 3.63) is 53.9 Å². The molecule has 1 aromatic carbocycles. The van der Waals surface area contributed by atoms with Crippen LogP contribution < -0.4 is 0 Å². The van der Waals surface area contributed by atoms with E-state index < -0.39 is 5.60 Å². The summed E-state index contributed by atoms with van der Waals surface area (Å²) in [5.74, 6) is 0. The molecular weight excluding hydrogens is 224 g/mol. The molecule has 0 saturated heterocycles. The topological polar surface area (TPSA) is 38.1 Å². The van der Waals surface area contributed by atoms with Gasteiger partial charge in [-0.3, -0.25) is 4.68 Å². The van der Waals surface area contributed by atoms with Crippen molar-refractivity contribution in [2.24, 2.45) is 0 Å². The summed E-state index contributed by atoms with van der Waals surface area (Å²) < 4.78 is 1.85. The number of hydrogen-bond donors (Lipinski definition) is 1. The Bertz CT molecular complexity index is 492. The van der Waals surface area contributed by atoms with Crippen LogP contribution in [0.5, 0.6) is 0 Å². The molecule has 0 fully saturated rings. The fourth-order valence-electron chi connectivity index (χ4n) is 2.28. The minimum atomic E-state index is -0.927. The number of rotatable bonds is 5. The van der Waals surface area contributed by atoms with Crippen LogP contribution in [0, 0.1) is 0 Å². The van der Waals surface area contributed by atoms with Crippen molar-refractivity contribution in [3.63, 3.8) is 0 Å². The zero-order valence-electron chi connectivity index (χ0n) is 11.0. The third-order valence-corrected chi connectivity index (χ3v) is 3.30. The van der Waals surface area contributed by atoms with E-state index in [1.54, 1.807) is 6.20 Å². The summed E-state index contributed by atoms with van der Waals surface area (Å²) in [7, 11) is 0. The van der Waals surface area contributed by atoms with Crippen molar-refractivity contribution in [1.82, 2.24) is 9.78 Å². The summed E-state index contributed by atoms with van der Waals surface area (Å²) in [6, 6.07) is 9.82. The van der Waals surface area contributed by atoms with Crippen molar-refractivity contribution in [1.29, 1.82) is 0 Å². The van der Waals surface area contributed by atoms with E-state index in [4.69, 9.17) is 0 Å². The van der Waals surface area contributed by atoms with Crippen molar-refractivity contribution >= 4 is 0 Å². The molecule has 1 N–H and O–H groups in total. The fourth-order valence-corrected chi connectivity index (χ4v) is 2.28. The van der Waals surface area contributed by atoms with E-state index in [0.29, 0.717) is 6.42 Å². The van der Waals surface area contributed by atoms with Gasteiger partial charge in [0.15, 0.2) is 0 Å². The highest BCUT2D eigenvalue weighted by Gasteiger charge is 2.31. The number of aliphatic hydroxyl groups is 1. The highest BCUT2D eigenvalue weighted by atomic mass is 16.3. The highest BCUT2D eigenvalue weighted by molar-refractivity contribution is 5.33. The maximum absolute atomic E-state index is 11.0. The summed E-state index contributed by atoms with van der Waals surface area (Å²) >= 11 is 0. The first-order valence-electron chi connectivity index (χ1n) is 6.51. The molecule has 0 aliphatic rings. The van der Waals surface area contributed by atoms with E-state index in [-0.39, 0.29) is 0 Å². The van der Waals surface area contributed by atoms with Crippen LogP contribution in [0.15, 0.2) is 42.7 Å². The predicted octanol–water partition coefficient (Wildman–Crippen LogP) is 2.94. The second-order valence-electron chi connectivity index (χ2n) is 4.56. The van der Waals surface area contributed by atoms with Gasteiger partial charge in [0, 0.05) is 18.3 Å². The molecule has 18 heavy (non-hydrogen) atoms. The molecule has 3 heteroatoms. The van der Waals surface area contributed by atoms with E-state index >= 15 is 0 Å². The molecule has 1 aromatic heterocycles. The molecule has 2 aromatic rings. The van der Waals surface area contributed by atoms with Gasteiger partial charge in [0.25, 0.3) is 0 Å². The Kier molecular flexibility index (Phi) is 3.82. The minimum Gasteiger partial charge on any atom is -0.380 e. The van der Waals surface area contributed by atoms with Crippen molar-refractivity contribution in [2.75, 3.05) is 0 Å². The molecule has 0 saturated carbocycles. The zero-order chi connectivity index (χ0) is 13.0.